The summed E-state index contributed by atoms with van der Waals surface area (Å²) in [6, 6.07) is 0.746. The molecule has 1 heterocycles. The average molecular weight is 317 g/mol. The van der Waals surface area contributed by atoms with Gasteiger partial charge in [0.2, 0.25) is 0 Å². The molecule has 1 atom stereocenters. The molecular formula is C15H31N3O2S. The highest BCUT2D eigenvalue weighted by molar-refractivity contribution is 7.86. The van der Waals surface area contributed by atoms with Crippen molar-refractivity contribution < 1.29 is 8.42 Å². The van der Waals surface area contributed by atoms with Crippen LogP contribution < -0.4 is 5.32 Å². The molecule has 1 saturated carbocycles. The average Bonchev–Trinajstić information content (AvgIpc) is 3.18. The van der Waals surface area contributed by atoms with Gasteiger partial charge in [0.05, 0.1) is 0 Å². The Bertz CT molecular complexity index is 440. The molecule has 1 aliphatic carbocycles. The van der Waals surface area contributed by atoms with Gasteiger partial charge < -0.3 is 5.32 Å². The van der Waals surface area contributed by atoms with Crippen LogP contribution >= 0.6 is 0 Å². The fourth-order valence-electron chi connectivity index (χ4n) is 3.00. The molecule has 2 aliphatic rings. The van der Waals surface area contributed by atoms with Crippen molar-refractivity contribution in [1.29, 1.82) is 0 Å². The van der Waals surface area contributed by atoms with E-state index < -0.39 is 10.2 Å². The summed E-state index contributed by atoms with van der Waals surface area (Å²) in [5, 5.41) is 3.49. The van der Waals surface area contributed by atoms with Crippen LogP contribution in [0, 0.1) is 5.41 Å². The summed E-state index contributed by atoms with van der Waals surface area (Å²) in [5.41, 5.74) is -0.0284. The van der Waals surface area contributed by atoms with E-state index >= 15 is 0 Å². The van der Waals surface area contributed by atoms with E-state index in [1.165, 1.54) is 17.1 Å². The molecule has 5 nitrogen and oxygen atoms in total. The van der Waals surface area contributed by atoms with Gasteiger partial charge in [-0.2, -0.15) is 17.0 Å². The second kappa shape index (κ2) is 6.52. The topological polar surface area (TPSA) is 52.7 Å². The van der Waals surface area contributed by atoms with Crippen molar-refractivity contribution >= 4 is 10.2 Å². The molecular weight excluding hydrogens is 286 g/mol. The van der Waals surface area contributed by atoms with Gasteiger partial charge in [-0.25, -0.2) is 0 Å². The summed E-state index contributed by atoms with van der Waals surface area (Å²) in [6.45, 7) is 8.22. The van der Waals surface area contributed by atoms with Crippen LogP contribution in [0.4, 0.5) is 0 Å². The third-order valence-electron chi connectivity index (χ3n) is 4.18. The molecule has 6 heteroatoms. The van der Waals surface area contributed by atoms with Crippen molar-refractivity contribution in [3.05, 3.63) is 0 Å². The Morgan fingerprint density at radius 3 is 2.43 bits per heavy atom. The molecule has 1 unspecified atom stereocenters. The maximum atomic E-state index is 12.9. The van der Waals surface area contributed by atoms with Gasteiger partial charge >= 0.3 is 0 Å². The number of piperidine rings is 1. The first-order chi connectivity index (χ1) is 9.70. The van der Waals surface area contributed by atoms with Gasteiger partial charge in [0.1, 0.15) is 0 Å². The smallest absolute Gasteiger partial charge is 0.282 e. The van der Waals surface area contributed by atoms with Crippen LogP contribution in [-0.2, 0) is 10.2 Å². The van der Waals surface area contributed by atoms with Gasteiger partial charge in [-0.15, -0.1) is 0 Å². The molecule has 0 aromatic rings. The van der Waals surface area contributed by atoms with E-state index in [1.54, 1.807) is 11.4 Å². The highest BCUT2D eigenvalue weighted by Crippen LogP contribution is 2.25. The van der Waals surface area contributed by atoms with Crippen LogP contribution in [0.1, 0.15) is 52.9 Å². The lowest BCUT2D eigenvalue weighted by molar-refractivity contribution is 0.218. The van der Waals surface area contributed by atoms with Crippen molar-refractivity contribution in [2.75, 3.05) is 26.7 Å². The molecule has 0 aromatic heterocycles. The minimum absolute atomic E-state index is 0.0284. The van der Waals surface area contributed by atoms with Crippen molar-refractivity contribution in [1.82, 2.24) is 13.9 Å². The van der Waals surface area contributed by atoms with E-state index in [1.807, 2.05) is 0 Å². The monoisotopic (exact) mass is 317 g/mol. The fourth-order valence-corrected chi connectivity index (χ4v) is 4.83. The lowest BCUT2D eigenvalue weighted by Crippen LogP contribution is -2.53. The molecule has 0 radical (unpaired) electrons. The summed E-state index contributed by atoms with van der Waals surface area (Å²) < 4.78 is 29.0. The number of nitrogens with one attached hydrogen (secondary N) is 1. The van der Waals surface area contributed by atoms with Crippen LogP contribution in [-0.4, -0.2) is 55.8 Å². The second-order valence-corrected chi connectivity index (χ2v) is 9.76. The zero-order valence-electron chi connectivity index (χ0n) is 13.9. The predicted molar refractivity (Wildman–Crippen MR) is 86.4 cm³/mol. The van der Waals surface area contributed by atoms with E-state index in [9.17, 15) is 8.42 Å². The lowest BCUT2D eigenvalue weighted by Gasteiger charge is -2.38. The first-order valence-corrected chi connectivity index (χ1v) is 9.56. The van der Waals surface area contributed by atoms with Crippen LogP contribution in [0.5, 0.6) is 0 Å². The molecule has 2 fully saturated rings. The van der Waals surface area contributed by atoms with E-state index in [0.29, 0.717) is 19.1 Å². The van der Waals surface area contributed by atoms with Gasteiger partial charge in [-0.1, -0.05) is 27.2 Å². The minimum atomic E-state index is -3.35. The van der Waals surface area contributed by atoms with Gasteiger partial charge in [-0.05, 0) is 31.1 Å². The molecule has 0 aromatic carbocycles. The molecule has 1 saturated heterocycles. The maximum absolute atomic E-state index is 12.9. The normalized spacial score (nSPS) is 25.5. The van der Waals surface area contributed by atoms with Crippen LogP contribution in [0.15, 0.2) is 0 Å². The summed E-state index contributed by atoms with van der Waals surface area (Å²) in [4.78, 5) is 0. The van der Waals surface area contributed by atoms with Gasteiger partial charge in [0, 0.05) is 38.8 Å². The first kappa shape index (κ1) is 17.2. The van der Waals surface area contributed by atoms with Crippen LogP contribution in [0.3, 0.4) is 0 Å². The Hall–Kier alpha value is -0.170. The Morgan fingerprint density at radius 1 is 1.19 bits per heavy atom. The molecule has 1 N–H and O–H groups in total. The molecule has 0 spiro atoms. The second-order valence-electron chi connectivity index (χ2n) is 7.77. The quantitative estimate of drug-likeness (QED) is 0.813. The third kappa shape index (κ3) is 4.91. The molecule has 0 amide bonds. The van der Waals surface area contributed by atoms with Crippen LogP contribution in [0.2, 0.25) is 0 Å². The SMILES string of the molecule is CN(CC(C)(C)C)S(=O)(=O)N1CCCCC1CNC1CC1. The molecule has 21 heavy (non-hydrogen) atoms. The van der Waals surface area contributed by atoms with Gasteiger partial charge in [0.25, 0.3) is 10.2 Å². The number of hydrogen-bond acceptors (Lipinski definition) is 3. The maximum Gasteiger partial charge on any atom is 0.282 e. The van der Waals surface area contributed by atoms with E-state index in [0.717, 1.165) is 25.8 Å². The summed E-state index contributed by atoms with van der Waals surface area (Å²) in [7, 11) is -1.64. The first-order valence-electron chi connectivity index (χ1n) is 8.17. The number of hydrogen-bond donors (Lipinski definition) is 1. The standard InChI is InChI=1S/C15H31N3O2S/c1-15(2,3)12-17(4)21(19,20)18-10-6-5-7-14(18)11-16-13-8-9-13/h13-14,16H,5-12H2,1-4H3. The molecule has 1 aliphatic heterocycles. The van der Waals surface area contributed by atoms with Crippen molar-refractivity contribution in [3.8, 4) is 0 Å². The van der Waals surface area contributed by atoms with Gasteiger partial charge in [0.15, 0.2) is 0 Å². The number of nitrogens with zero attached hydrogens (tertiary/aromatic N) is 2. The van der Waals surface area contributed by atoms with Crippen LogP contribution in [0.25, 0.3) is 0 Å². The zero-order chi connectivity index (χ0) is 15.7. The predicted octanol–water partition coefficient (Wildman–Crippen LogP) is 1.82. The van der Waals surface area contributed by atoms with E-state index in [2.05, 4.69) is 26.1 Å². The Kier molecular flexibility index (Phi) is 5.34. The van der Waals surface area contributed by atoms with Crippen molar-refractivity contribution in [2.45, 2.75) is 65.0 Å². The Labute approximate surface area is 130 Å². The highest BCUT2D eigenvalue weighted by atomic mass is 32.2. The highest BCUT2D eigenvalue weighted by Gasteiger charge is 2.36. The van der Waals surface area contributed by atoms with Crippen molar-refractivity contribution in [2.24, 2.45) is 5.41 Å². The van der Waals surface area contributed by atoms with Gasteiger partial charge in [-0.3, -0.25) is 0 Å². The lowest BCUT2D eigenvalue weighted by atomic mass is 9.97. The van der Waals surface area contributed by atoms with E-state index in [-0.39, 0.29) is 11.5 Å². The zero-order valence-corrected chi connectivity index (χ0v) is 14.7. The summed E-state index contributed by atoms with van der Waals surface area (Å²) in [6.07, 6.45) is 5.56. The fraction of sp³-hybridized carbons (Fsp3) is 1.00. The molecule has 0 bridgehead atoms. The molecule has 2 rings (SSSR count). The van der Waals surface area contributed by atoms with Crippen molar-refractivity contribution in [3.63, 3.8) is 0 Å². The minimum Gasteiger partial charge on any atom is -0.312 e. The van der Waals surface area contributed by atoms with E-state index in [4.69, 9.17) is 0 Å². The Balaban J connectivity index is 2.03. The molecule has 124 valence electrons. The number of rotatable bonds is 6. The summed E-state index contributed by atoms with van der Waals surface area (Å²) in [5.74, 6) is 0. The Morgan fingerprint density at radius 2 is 1.86 bits per heavy atom. The summed E-state index contributed by atoms with van der Waals surface area (Å²) >= 11 is 0. The third-order valence-corrected chi connectivity index (χ3v) is 6.17. The largest absolute Gasteiger partial charge is 0.312 e.